The first-order valence-electron chi connectivity index (χ1n) is 8.23. The van der Waals surface area contributed by atoms with Gasteiger partial charge in [0.1, 0.15) is 11.5 Å². The number of benzene rings is 2. The summed E-state index contributed by atoms with van der Waals surface area (Å²) in [4.78, 5) is 24.3. The predicted molar refractivity (Wildman–Crippen MR) is 96.9 cm³/mol. The van der Waals surface area contributed by atoms with Crippen molar-refractivity contribution in [3.05, 3.63) is 59.2 Å². The highest BCUT2D eigenvalue weighted by molar-refractivity contribution is 6.10. The number of amides is 1. The van der Waals surface area contributed by atoms with Gasteiger partial charge < -0.3 is 9.47 Å². The van der Waals surface area contributed by atoms with E-state index in [9.17, 15) is 14.9 Å². The van der Waals surface area contributed by atoms with Crippen molar-refractivity contribution in [2.75, 3.05) is 14.2 Å². The van der Waals surface area contributed by atoms with Crippen LogP contribution in [0.25, 0.3) is 0 Å². The molecule has 2 aromatic rings. The van der Waals surface area contributed by atoms with Crippen molar-refractivity contribution in [2.24, 2.45) is 0 Å². The molecule has 0 radical (unpaired) electrons. The summed E-state index contributed by atoms with van der Waals surface area (Å²) in [5.74, 6) is -0.424. The number of nitriles is 1. The van der Waals surface area contributed by atoms with Gasteiger partial charge >= 0.3 is 0 Å². The molecule has 0 saturated heterocycles. The second-order valence-electron chi connectivity index (χ2n) is 5.77. The summed E-state index contributed by atoms with van der Waals surface area (Å²) in [7, 11) is 3.03. The zero-order chi connectivity index (χ0) is 19.8. The monoisotopic (exact) mass is 368 g/mol. The van der Waals surface area contributed by atoms with Gasteiger partial charge in [-0.05, 0) is 54.4 Å². The molecule has 2 N–H and O–H groups in total. The topological polar surface area (TPSA) is 109 Å². The molecule has 1 atom stereocenters. The second kappa shape index (κ2) is 9.36. The van der Waals surface area contributed by atoms with Gasteiger partial charge in [0.15, 0.2) is 5.78 Å². The van der Waals surface area contributed by atoms with E-state index in [2.05, 4.69) is 6.07 Å². The van der Waals surface area contributed by atoms with Crippen molar-refractivity contribution in [3.63, 3.8) is 0 Å². The third-order valence-electron chi connectivity index (χ3n) is 4.17. The van der Waals surface area contributed by atoms with E-state index >= 15 is 0 Å². The number of hydrogen-bond donors (Lipinski definition) is 2. The molecule has 0 aliphatic rings. The Bertz CT molecular complexity index is 856. The van der Waals surface area contributed by atoms with Gasteiger partial charge in [0.2, 0.25) is 5.91 Å². The van der Waals surface area contributed by atoms with Crippen LogP contribution in [0.4, 0.5) is 0 Å². The molecule has 0 bridgehead atoms. The number of carbonyl (C=O) groups excluding carboxylic acids is 2. The maximum absolute atomic E-state index is 13.0. The van der Waals surface area contributed by atoms with Gasteiger partial charge in [0.05, 0.1) is 26.2 Å². The Labute approximate surface area is 157 Å². The van der Waals surface area contributed by atoms with Crippen LogP contribution in [0.15, 0.2) is 42.5 Å². The van der Waals surface area contributed by atoms with Crippen LogP contribution in [-0.2, 0) is 4.79 Å². The van der Waals surface area contributed by atoms with Crippen LogP contribution in [0.5, 0.6) is 11.5 Å². The number of carbonyl (C=O) groups is 2. The SMILES string of the molecule is COc1ccc(C(=O)c2ccc(OC)cc2C(C#N)CCC(=O)NO)cc1. The summed E-state index contributed by atoms with van der Waals surface area (Å²) < 4.78 is 10.3. The van der Waals surface area contributed by atoms with Gasteiger partial charge in [-0.3, -0.25) is 14.8 Å². The largest absolute Gasteiger partial charge is 0.497 e. The summed E-state index contributed by atoms with van der Waals surface area (Å²) in [5.41, 5.74) is 2.83. The van der Waals surface area contributed by atoms with Crippen molar-refractivity contribution in [1.29, 1.82) is 5.26 Å². The number of hydroxylamine groups is 1. The molecule has 0 aromatic heterocycles. The van der Waals surface area contributed by atoms with E-state index in [0.717, 1.165) is 0 Å². The molecule has 0 fully saturated rings. The molecule has 1 amide bonds. The summed E-state index contributed by atoms with van der Waals surface area (Å²) in [5, 5.41) is 18.2. The van der Waals surface area contributed by atoms with Gasteiger partial charge in [0, 0.05) is 17.5 Å². The first-order chi connectivity index (χ1) is 13.0. The average molecular weight is 368 g/mol. The average Bonchev–Trinajstić information content (AvgIpc) is 2.73. The van der Waals surface area contributed by atoms with Crippen molar-refractivity contribution in [2.45, 2.75) is 18.8 Å². The fourth-order valence-electron chi connectivity index (χ4n) is 2.68. The zero-order valence-corrected chi connectivity index (χ0v) is 15.1. The Morgan fingerprint density at radius 3 is 2.30 bits per heavy atom. The van der Waals surface area contributed by atoms with Gasteiger partial charge in [-0.25, -0.2) is 5.48 Å². The predicted octanol–water partition coefficient (Wildman–Crippen LogP) is 2.83. The lowest BCUT2D eigenvalue weighted by molar-refractivity contribution is -0.129. The van der Waals surface area contributed by atoms with Crippen LogP contribution in [0.3, 0.4) is 0 Å². The van der Waals surface area contributed by atoms with E-state index in [0.29, 0.717) is 28.2 Å². The maximum Gasteiger partial charge on any atom is 0.243 e. The van der Waals surface area contributed by atoms with E-state index < -0.39 is 11.8 Å². The number of ether oxygens (including phenoxy) is 2. The first kappa shape index (κ1) is 19.9. The third-order valence-corrected chi connectivity index (χ3v) is 4.17. The highest BCUT2D eigenvalue weighted by Crippen LogP contribution is 2.30. The molecule has 2 rings (SSSR count). The molecule has 7 heteroatoms. The Hall–Kier alpha value is -3.37. The van der Waals surface area contributed by atoms with Gasteiger partial charge in [-0.15, -0.1) is 0 Å². The van der Waals surface area contributed by atoms with E-state index in [-0.39, 0.29) is 18.6 Å². The van der Waals surface area contributed by atoms with Gasteiger partial charge in [-0.2, -0.15) is 5.26 Å². The summed E-state index contributed by atoms with van der Waals surface area (Å²) in [6, 6.07) is 13.7. The lowest BCUT2D eigenvalue weighted by Crippen LogP contribution is -2.19. The van der Waals surface area contributed by atoms with Crippen LogP contribution in [0.2, 0.25) is 0 Å². The van der Waals surface area contributed by atoms with Gasteiger partial charge in [-0.1, -0.05) is 0 Å². The molecule has 1 unspecified atom stereocenters. The molecule has 0 heterocycles. The number of methoxy groups -OCH3 is 2. The standard InChI is InChI=1S/C20H20N2O5/c1-26-15-6-3-13(4-7-15)20(24)17-9-8-16(27-2)11-18(17)14(12-21)5-10-19(23)22-25/h3-4,6-9,11,14,25H,5,10H2,1-2H3,(H,22,23). The van der Waals surface area contributed by atoms with Crippen molar-refractivity contribution < 1.29 is 24.3 Å². The van der Waals surface area contributed by atoms with Crippen LogP contribution >= 0.6 is 0 Å². The van der Waals surface area contributed by atoms with Crippen LogP contribution in [0, 0.1) is 11.3 Å². The summed E-state index contributed by atoms with van der Waals surface area (Å²) in [6.07, 6.45) is 0.0983. The fraction of sp³-hybridized carbons (Fsp3) is 0.250. The number of hydrogen-bond acceptors (Lipinski definition) is 6. The Morgan fingerprint density at radius 1 is 1.11 bits per heavy atom. The molecule has 0 aliphatic carbocycles. The Morgan fingerprint density at radius 2 is 1.74 bits per heavy atom. The lowest BCUT2D eigenvalue weighted by atomic mass is 9.88. The fourth-order valence-corrected chi connectivity index (χ4v) is 2.68. The summed E-state index contributed by atoms with van der Waals surface area (Å²) in [6.45, 7) is 0. The quantitative estimate of drug-likeness (QED) is 0.421. The minimum atomic E-state index is -0.713. The van der Waals surface area contributed by atoms with E-state index in [1.54, 1.807) is 55.1 Å². The van der Waals surface area contributed by atoms with Crippen molar-refractivity contribution >= 4 is 11.7 Å². The lowest BCUT2D eigenvalue weighted by Gasteiger charge is -2.15. The highest BCUT2D eigenvalue weighted by atomic mass is 16.5. The van der Waals surface area contributed by atoms with Crippen LogP contribution in [-0.4, -0.2) is 31.1 Å². The molecule has 0 aliphatic heterocycles. The zero-order valence-electron chi connectivity index (χ0n) is 15.1. The van der Waals surface area contributed by atoms with Crippen molar-refractivity contribution in [3.8, 4) is 17.6 Å². The Kier molecular flexibility index (Phi) is 6.92. The third kappa shape index (κ3) is 4.84. The molecular formula is C20H20N2O5. The number of rotatable bonds is 8. The maximum atomic E-state index is 13.0. The first-order valence-corrected chi connectivity index (χ1v) is 8.23. The molecule has 0 saturated carbocycles. The minimum absolute atomic E-state index is 0.0535. The number of nitrogens with one attached hydrogen (secondary N) is 1. The molecular weight excluding hydrogens is 348 g/mol. The Balaban J connectivity index is 2.41. The highest BCUT2D eigenvalue weighted by Gasteiger charge is 2.22. The molecule has 7 nitrogen and oxygen atoms in total. The van der Waals surface area contributed by atoms with Crippen LogP contribution in [0.1, 0.15) is 40.2 Å². The van der Waals surface area contributed by atoms with E-state index in [1.165, 1.54) is 7.11 Å². The van der Waals surface area contributed by atoms with E-state index in [1.807, 2.05) is 0 Å². The molecule has 0 spiro atoms. The van der Waals surface area contributed by atoms with Crippen LogP contribution < -0.4 is 15.0 Å². The minimum Gasteiger partial charge on any atom is -0.497 e. The summed E-state index contributed by atoms with van der Waals surface area (Å²) >= 11 is 0. The second-order valence-corrected chi connectivity index (χ2v) is 5.77. The van der Waals surface area contributed by atoms with E-state index in [4.69, 9.17) is 14.7 Å². The number of ketones is 1. The normalized spacial score (nSPS) is 11.2. The van der Waals surface area contributed by atoms with Gasteiger partial charge in [0.25, 0.3) is 0 Å². The molecule has 2 aromatic carbocycles. The molecule has 140 valence electrons. The smallest absolute Gasteiger partial charge is 0.243 e. The molecule has 27 heavy (non-hydrogen) atoms. The number of nitrogens with zero attached hydrogens (tertiary/aromatic N) is 1. The van der Waals surface area contributed by atoms with Crippen molar-refractivity contribution in [1.82, 2.24) is 5.48 Å².